The van der Waals surface area contributed by atoms with Gasteiger partial charge >= 0.3 is 0 Å². The molecule has 0 radical (unpaired) electrons. The topological polar surface area (TPSA) is 111 Å². The third-order valence-electron chi connectivity index (χ3n) is 8.12. The maximum absolute atomic E-state index is 14.1. The number of carbonyl (C=O) groups is 4. The summed E-state index contributed by atoms with van der Waals surface area (Å²) in [6.45, 7) is 6.24. The zero-order valence-electron chi connectivity index (χ0n) is 24.9. The Hall–Kier alpha value is -3.43. The van der Waals surface area contributed by atoms with Crippen molar-refractivity contribution in [2.24, 2.45) is 5.92 Å². The highest BCUT2D eigenvalue weighted by atomic mass is 35.5. The van der Waals surface area contributed by atoms with Crippen LogP contribution in [0.15, 0.2) is 60.7 Å². The summed E-state index contributed by atoms with van der Waals surface area (Å²) < 4.78 is 0. The molecule has 2 aromatic carbocycles. The van der Waals surface area contributed by atoms with E-state index < -0.39 is 18.1 Å². The first-order valence-electron chi connectivity index (χ1n) is 14.7. The second kappa shape index (κ2) is 15.2. The summed E-state index contributed by atoms with van der Waals surface area (Å²) in [7, 11) is 1.68. The summed E-state index contributed by atoms with van der Waals surface area (Å²) in [6.07, 6.45) is 2.15. The molecular weight excluding hydrogens is 554 g/mol. The van der Waals surface area contributed by atoms with E-state index in [1.807, 2.05) is 74.5 Å². The highest BCUT2D eigenvalue weighted by Crippen LogP contribution is 2.31. The number of rotatable bonds is 9. The molecule has 0 bridgehead atoms. The van der Waals surface area contributed by atoms with Crippen LogP contribution < -0.4 is 16.0 Å². The van der Waals surface area contributed by atoms with Gasteiger partial charge in [0.1, 0.15) is 12.1 Å². The van der Waals surface area contributed by atoms with Crippen LogP contribution in [0.2, 0.25) is 0 Å². The van der Waals surface area contributed by atoms with Crippen molar-refractivity contribution in [3.8, 4) is 0 Å². The van der Waals surface area contributed by atoms with Gasteiger partial charge in [-0.25, -0.2) is 0 Å². The lowest BCUT2D eigenvalue weighted by atomic mass is 9.98. The van der Waals surface area contributed by atoms with Crippen molar-refractivity contribution >= 4 is 36.0 Å². The Morgan fingerprint density at radius 1 is 0.905 bits per heavy atom. The SMILES string of the molecule is CN[C@@H](C)C(=O)N[C@H]1CN(C(=O)CC(C)C)CC[C@H]2CC[C@@H](C(=O)NC(c3ccccc3)c3ccccc3)N2C1=O.Cl. The van der Waals surface area contributed by atoms with Crippen LogP contribution in [0.1, 0.15) is 63.6 Å². The molecule has 4 rings (SSSR count). The van der Waals surface area contributed by atoms with E-state index in [1.165, 1.54) is 0 Å². The van der Waals surface area contributed by atoms with Crippen LogP contribution >= 0.6 is 12.4 Å². The number of benzene rings is 2. The van der Waals surface area contributed by atoms with Crippen molar-refractivity contribution in [2.75, 3.05) is 20.1 Å². The molecule has 0 unspecified atom stereocenters. The molecule has 2 heterocycles. The Balaban J connectivity index is 0.00000484. The van der Waals surface area contributed by atoms with Gasteiger partial charge in [0.2, 0.25) is 23.6 Å². The van der Waals surface area contributed by atoms with Crippen LogP contribution in [0, 0.1) is 5.92 Å². The second-order valence-electron chi connectivity index (χ2n) is 11.6. The number of nitrogens with one attached hydrogen (secondary N) is 3. The van der Waals surface area contributed by atoms with Gasteiger partial charge in [0.05, 0.1) is 12.1 Å². The first-order chi connectivity index (χ1) is 19.7. The lowest BCUT2D eigenvalue weighted by molar-refractivity contribution is -0.147. The average molecular weight is 598 g/mol. The van der Waals surface area contributed by atoms with Gasteiger partial charge in [0.15, 0.2) is 0 Å². The summed E-state index contributed by atoms with van der Waals surface area (Å²) in [4.78, 5) is 57.4. The fraction of sp³-hybridized carbons (Fsp3) is 0.500. The Morgan fingerprint density at radius 2 is 1.50 bits per heavy atom. The fourth-order valence-electron chi connectivity index (χ4n) is 5.76. The van der Waals surface area contributed by atoms with Gasteiger partial charge in [-0.2, -0.15) is 0 Å². The van der Waals surface area contributed by atoms with E-state index in [0.717, 1.165) is 11.1 Å². The van der Waals surface area contributed by atoms with Gasteiger partial charge in [-0.3, -0.25) is 19.2 Å². The molecule has 2 aromatic rings. The molecule has 2 aliphatic rings. The van der Waals surface area contributed by atoms with Crippen molar-refractivity contribution in [1.29, 1.82) is 0 Å². The standard InChI is InChI=1S/C32H43N5O4.ClH/c1-21(2)19-28(38)36-18-17-25-15-16-27(37(25)32(41)26(20-36)34-30(39)22(3)33-4)31(40)35-29(23-11-7-5-8-12-23)24-13-9-6-10-14-24;/h5-14,21-22,25-27,29,33H,15-20H2,1-4H3,(H,34,39)(H,35,40);1H/t22-,25+,26-,27-;/m0./s1. The van der Waals surface area contributed by atoms with Gasteiger partial charge in [0, 0.05) is 25.6 Å². The van der Waals surface area contributed by atoms with Gasteiger partial charge in [-0.1, -0.05) is 74.5 Å². The molecule has 228 valence electrons. The van der Waals surface area contributed by atoms with E-state index in [4.69, 9.17) is 0 Å². The highest BCUT2D eigenvalue weighted by molar-refractivity contribution is 5.94. The van der Waals surface area contributed by atoms with Crippen molar-refractivity contribution < 1.29 is 19.2 Å². The molecule has 0 aromatic heterocycles. The van der Waals surface area contributed by atoms with Crippen LogP contribution in [-0.2, 0) is 19.2 Å². The number of likely N-dealkylation sites (N-methyl/N-ethyl adjacent to an activating group) is 1. The lowest BCUT2D eigenvalue weighted by Crippen LogP contribution is -2.62. The predicted octanol–water partition coefficient (Wildman–Crippen LogP) is 3.04. The number of carbonyl (C=O) groups excluding carboxylic acids is 4. The average Bonchev–Trinajstić information content (AvgIpc) is 3.39. The van der Waals surface area contributed by atoms with Gasteiger partial charge in [-0.05, 0) is 50.3 Å². The Bertz CT molecular complexity index is 1170. The number of fused-ring (bicyclic) bond motifs is 1. The van der Waals surface area contributed by atoms with E-state index in [2.05, 4.69) is 16.0 Å². The summed E-state index contributed by atoms with van der Waals surface area (Å²) in [6, 6.07) is 16.9. The largest absolute Gasteiger partial charge is 0.343 e. The maximum atomic E-state index is 14.1. The zero-order valence-corrected chi connectivity index (χ0v) is 25.7. The quantitative estimate of drug-likeness (QED) is 0.412. The zero-order chi connectivity index (χ0) is 29.5. The summed E-state index contributed by atoms with van der Waals surface area (Å²) in [5, 5.41) is 8.99. The monoisotopic (exact) mass is 597 g/mol. The molecule has 42 heavy (non-hydrogen) atoms. The molecular formula is C32H44ClN5O4. The Kier molecular flexibility index (Phi) is 11.9. The molecule has 2 saturated heterocycles. The summed E-state index contributed by atoms with van der Waals surface area (Å²) in [5.41, 5.74) is 1.90. The van der Waals surface area contributed by atoms with Crippen LogP contribution in [0.25, 0.3) is 0 Å². The minimum Gasteiger partial charge on any atom is -0.343 e. The van der Waals surface area contributed by atoms with Crippen molar-refractivity contribution in [1.82, 2.24) is 25.8 Å². The third kappa shape index (κ3) is 7.89. The molecule has 10 heteroatoms. The van der Waals surface area contributed by atoms with E-state index in [9.17, 15) is 19.2 Å². The minimum absolute atomic E-state index is 0. The summed E-state index contributed by atoms with van der Waals surface area (Å²) in [5.74, 6) is -0.710. The number of amides is 4. The fourth-order valence-corrected chi connectivity index (χ4v) is 5.76. The molecule has 4 atom stereocenters. The number of hydrogen-bond donors (Lipinski definition) is 3. The summed E-state index contributed by atoms with van der Waals surface area (Å²) >= 11 is 0. The van der Waals surface area contributed by atoms with Crippen LogP contribution in [0.4, 0.5) is 0 Å². The van der Waals surface area contributed by atoms with Crippen molar-refractivity contribution in [3.05, 3.63) is 71.8 Å². The minimum atomic E-state index is -0.940. The van der Waals surface area contributed by atoms with Gasteiger partial charge in [-0.15, -0.1) is 12.4 Å². The van der Waals surface area contributed by atoms with Crippen molar-refractivity contribution in [3.63, 3.8) is 0 Å². The number of halogens is 1. The normalized spacial score (nSPS) is 21.2. The molecule has 2 aliphatic heterocycles. The molecule has 9 nitrogen and oxygen atoms in total. The highest BCUT2D eigenvalue weighted by Gasteiger charge is 2.46. The molecule has 0 saturated carbocycles. The molecule has 4 amide bonds. The van der Waals surface area contributed by atoms with Gasteiger partial charge in [0.25, 0.3) is 0 Å². The smallest absolute Gasteiger partial charge is 0.247 e. The first kappa shape index (κ1) is 33.1. The van der Waals surface area contributed by atoms with Crippen LogP contribution in [-0.4, -0.2) is 77.7 Å². The predicted molar refractivity (Wildman–Crippen MR) is 165 cm³/mol. The maximum Gasteiger partial charge on any atom is 0.247 e. The lowest BCUT2D eigenvalue weighted by Gasteiger charge is -2.39. The van der Waals surface area contributed by atoms with Crippen LogP contribution in [0.5, 0.6) is 0 Å². The Morgan fingerprint density at radius 3 is 2.05 bits per heavy atom. The third-order valence-corrected chi connectivity index (χ3v) is 8.12. The van der Waals surface area contributed by atoms with E-state index in [0.29, 0.717) is 32.2 Å². The van der Waals surface area contributed by atoms with Gasteiger partial charge < -0.3 is 25.8 Å². The van der Waals surface area contributed by atoms with E-state index in [1.54, 1.807) is 23.8 Å². The van der Waals surface area contributed by atoms with Crippen molar-refractivity contribution in [2.45, 2.75) is 76.7 Å². The molecule has 3 N–H and O–H groups in total. The molecule has 0 spiro atoms. The first-order valence-corrected chi connectivity index (χ1v) is 14.7. The molecule has 2 fully saturated rings. The molecule has 0 aliphatic carbocycles. The van der Waals surface area contributed by atoms with E-state index in [-0.39, 0.29) is 60.6 Å². The number of hydrogen-bond acceptors (Lipinski definition) is 5. The second-order valence-corrected chi connectivity index (χ2v) is 11.6. The number of nitrogens with zero attached hydrogens (tertiary/aromatic N) is 2. The van der Waals surface area contributed by atoms with E-state index >= 15 is 0 Å². The Labute approximate surface area is 255 Å². The van der Waals surface area contributed by atoms with Crippen LogP contribution in [0.3, 0.4) is 0 Å².